The van der Waals surface area contributed by atoms with Crippen molar-refractivity contribution in [3.8, 4) is 0 Å². The van der Waals surface area contributed by atoms with E-state index in [0.717, 1.165) is 12.2 Å². The molecule has 150 valence electrons. The Morgan fingerprint density at radius 1 is 1.15 bits per heavy atom. The smallest absolute Gasteiger partial charge is 0.242 e. The number of rotatable bonds is 8. The molecular formula is C18H27IN4O3S. The van der Waals surface area contributed by atoms with Gasteiger partial charge in [0.05, 0.1) is 17.7 Å². The molecule has 0 aliphatic carbocycles. The third kappa shape index (κ3) is 6.82. The lowest BCUT2D eigenvalue weighted by atomic mass is 10.2. The fourth-order valence-corrected chi connectivity index (χ4v) is 3.46. The van der Waals surface area contributed by atoms with E-state index in [1.165, 1.54) is 18.4 Å². The molecule has 0 unspecified atom stereocenters. The van der Waals surface area contributed by atoms with Gasteiger partial charge in [-0.05, 0) is 30.7 Å². The second-order valence-corrected chi connectivity index (χ2v) is 7.97. The van der Waals surface area contributed by atoms with Gasteiger partial charge < -0.3 is 15.1 Å². The third-order valence-corrected chi connectivity index (χ3v) is 5.64. The third-order valence-electron chi connectivity index (χ3n) is 3.73. The van der Waals surface area contributed by atoms with Gasteiger partial charge in [-0.15, -0.1) is 24.0 Å². The summed E-state index contributed by atoms with van der Waals surface area (Å²) in [6.07, 6.45) is 2.39. The van der Waals surface area contributed by atoms with E-state index in [1.807, 2.05) is 25.1 Å². The predicted octanol–water partition coefficient (Wildman–Crippen LogP) is 2.45. The summed E-state index contributed by atoms with van der Waals surface area (Å²) in [6, 6.07) is 10.7. The summed E-state index contributed by atoms with van der Waals surface area (Å²) < 4.78 is 31.4. The largest absolute Gasteiger partial charge is 0.469 e. The van der Waals surface area contributed by atoms with E-state index >= 15 is 0 Å². The van der Waals surface area contributed by atoms with Gasteiger partial charge in [-0.25, -0.2) is 17.7 Å². The molecule has 0 fully saturated rings. The number of sulfonamides is 1. The Balaban J connectivity index is 0.00000364. The molecular weight excluding hydrogens is 479 g/mol. The Labute approximate surface area is 178 Å². The molecule has 0 saturated carbocycles. The van der Waals surface area contributed by atoms with Crippen molar-refractivity contribution in [1.82, 2.24) is 14.9 Å². The van der Waals surface area contributed by atoms with Crippen molar-refractivity contribution in [3.63, 3.8) is 0 Å². The fraction of sp³-hybridized carbons (Fsp3) is 0.389. The lowest BCUT2D eigenvalue weighted by Crippen LogP contribution is -2.38. The maximum Gasteiger partial charge on any atom is 0.242 e. The first-order valence-electron chi connectivity index (χ1n) is 8.50. The molecule has 0 saturated heterocycles. The van der Waals surface area contributed by atoms with Crippen LogP contribution in [0.5, 0.6) is 0 Å². The zero-order chi connectivity index (χ0) is 19.0. The number of nitrogens with zero attached hydrogens (tertiary/aromatic N) is 2. The Morgan fingerprint density at radius 2 is 1.89 bits per heavy atom. The maximum absolute atomic E-state index is 12.5. The van der Waals surface area contributed by atoms with Crippen molar-refractivity contribution in [2.45, 2.75) is 24.8 Å². The molecule has 9 heteroatoms. The number of hydrogen-bond donors (Lipinski definition) is 2. The standard InChI is InChI=1S/C18H26N4O3S.HI/c1-4-19-18(20-12-11-16-9-7-13-25-16)21-14-15-8-5-6-10-17(15)26(23,24)22(2)3;/h5-10,13H,4,11-12,14H2,1-3H3,(H2,19,20,21);1H. The van der Waals surface area contributed by atoms with Crippen LogP contribution in [-0.4, -0.2) is 45.9 Å². The molecule has 0 aliphatic heterocycles. The molecule has 1 heterocycles. The summed E-state index contributed by atoms with van der Waals surface area (Å²) >= 11 is 0. The first-order valence-corrected chi connectivity index (χ1v) is 9.94. The lowest BCUT2D eigenvalue weighted by molar-refractivity contribution is 0.506. The highest BCUT2D eigenvalue weighted by molar-refractivity contribution is 14.0. The number of aliphatic imine (C=N–C) groups is 1. The van der Waals surface area contributed by atoms with Crippen LogP contribution in [0.4, 0.5) is 0 Å². The van der Waals surface area contributed by atoms with Crippen molar-refractivity contribution in [3.05, 3.63) is 54.0 Å². The number of nitrogens with one attached hydrogen (secondary N) is 2. The highest BCUT2D eigenvalue weighted by atomic mass is 127. The molecule has 7 nitrogen and oxygen atoms in total. The van der Waals surface area contributed by atoms with E-state index in [9.17, 15) is 8.42 Å². The van der Waals surface area contributed by atoms with E-state index in [2.05, 4.69) is 15.6 Å². The van der Waals surface area contributed by atoms with Crippen molar-refractivity contribution >= 4 is 40.0 Å². The van der Waals surface area contributed by atoms with Crippen molar-refractivity contribution < 1.29 is 12.8 Å². The second-order valence-electron chi connectivity index (χ2n) is 5.85. The number of furan rings is 1. The molecule has 0 aliphatic rings. The minimum absolute atomic E-state index is 0. The highest BCUT2D eigenvalue weighted by Gasteiger charge is 2.20. The molecule has 0 bridgehead atoms. The number of guanidine groups is 1. The van der Waals surface area contributed by atoms with Crippen LogP contribution in [0.3, 0.4) is 0 Å². The SMILES string of the molecule is CCNC(=NCc1ccccc1S(=O)(=O)N(C)C)NCCc1ccco1.I. The van der Waals surface area contributed by atoms with Crippen LogP contribution in [0, 0.1) is 0 Å². The van der Waals surface area contributed by atoms with Gasteiger partial charge in [0, 0.05) is 33.6 Å². The Morgan fingerprint density at radius 3 is 2.52 bits per heavy atom. The summed E-state index contributed by atoms with van der Waals surface area (Å²) in [4.78, 5) is 4.79. The van der Waals surface area contributed by atoms with Gasteiger partial charge in [0.25, 0.3) is 0 Å². The minimum atomic E-state index is -3.50. The van der Waals surface area contributed by atoms with E-state index in [0.29, 0.717) is 24.6 Å². The molecule has 2 aromatic rings. The monoisotopic (exact) mass is 506 g/mol. The zero-order valence-electron chi connectivity index (χ0n) is 15.8. The topological polar surface area (TPSA) is 86.9 Å². The Kier molecular flexibility index (Phi) is 9.81. The first-order chi connectivity index (χ1) is 12.4. The quantitative estimate of drug-likeness (QED) is 0.327. The summed E-state index contributed by atoms with van der Waals surface area (Å²) in [7, 11) is -0.457. The van der Waals surface area contributed by atoms with Crippen molar-refractivity contribution in [1.29, 1.82) is 0 Å². The molecule has 1 aromatic heterocycles. The van der Waals surface area contributed by atoms with Crippen LogP contribution < -0.4 is 10.6 Å². The van der Waals surface area contributed by atoms with Gasteiger partial charge in [-0.1, -0.05) is 18.2 Å². The number of halogens is 1. The van der Waals surface area contributed by atoms with Crippen LogP contribution in [0.25, 0.3) is 0 Å². The van der Waals surface area contributed by atoms with Crippen LogP contribution in [0.2, 0.25) is 0 Å². The maximum atomic E-state index is 12.5. The highest BCUT2D eigenvalue weighted by Crippen LogP contribution is 2.19. The number of hydrogen-bond acceptors (Lipinski definition) is 4. The number of benzene rings is 1. The van der Waals surface area contributed by atoms with Crippen LogP contribution in [0.15, 0.2) is 57.0 Å². The molecule has 0 atom stereocenters. The van der Waals surface area contributed by atoms with Gasteiger partial charge in [0.1, 0.15) is 5.76 Å². The average molecular weight is 506 g/mol. The van der Waals surface area contributed by atoms with Gasteiger partial charge in [-0.2, -0.15) is 0 Å². The van der Waals surface area contributed by atoms with Crippen LogP contribution in [0.1, 0.15) is 18.2 Å². The van der Waals surface area contributed by atoms with E-state index in [4.69, 9.17) is 4.42 Å². The molecule has 0 spiro atoms. The summed E-state index contributed by atoms with van der Waals surface area (Å²) in [6.45, 7) is 3.62. The van der Waals surface area contributed by atoms with Gasteiger partial charge in [0.15, 0.2) is 5.96 Å². The van der Waals surface area contributed by atoms with Crippen molar-refractivity contribution in [2.75, 3.05) is 27.2 Å². The Bertz CT molecular complexity index is 821. The summed E-state index contributed by atoms with van der Waals surface area (Å²) in [5, 5.41) is 6.39. The predicted molar refractivity (Wildman–Crippen MR) is 118 cm³/mol. The minimum Gasteiger partial charge on any atom is -0.469 e. The average Bonchev–Trinajstić information content (AvgIpc) is 3.13. The van der Waals surface area contributed by atoms with Gasteiger partial charge >= 0.3 is 0 Å². The molecule has 2 N–H and O–H groups in total. The van der Waals surface area contributed by atoms with Crippen molar-refractivity contribution in [2.24, 2.45) is 4.99 Å². The van der Waals surface area contributed by atoms with Crippen LogP contribution >= 0.6 is 24.0 Å². The van der Waals surface area contributed by atoms with E-state index in [1.54, 1.807) is 24.5 Å². The van der Waals surface area contributed by atoms with Gasteiger partial charge in [-0.3, -0.25) is 0 Å². The van der Waals surface area contributed by atoms with E-state index < -0.39 is 10.0 Å². The molecule has 0 amide bonds. The summed E-state index contributed by atoms with van der Waals surface area (Å²) in [5.41, 5.74) is 0.657. The molecule has 1 aromatic carbocycles. The van der Waals surface area contributed by atoms with E-state index in [-0.39, 0.29) is 35.4 Å². The molecule has 27 heavy (non-hydrogen) atoms. The Hall–Kier alpha value is -1.59. The zero-order valence-corrected chi connectivity index (χ0v) is 19.0. The second kappa shape index (κ2) is 11.3. The lowest BCUT2D eigenvalue weighted by Gasteiger charge is -2.15. The first kappa shape index (κ1) is 23.4. The molecule has 0 radical (unpaired) electrons. The van der Waals surface area contributed by atoms with Gasteiger partial charge in [0.2, 0.25) is 10.0 Å². The normalized spacial score (nSPS) is 11.9. The summed E-state index contributed by atoms with van der Waals surface area (Å²) in [5.74, 6) is 1.53. The van der Waals surface area contributed by atoms with Crippen LogP contribution in [-0.2, 0) is 23.0 Å². The molecule has 2 rings (SSSR count). The fourth-order valence-electron chi connectivity index (χ4n) is 2.35.